The van der Waals surface area contributed by atoms with Gasteiger partial charge in [0.1, 0.15) is 5.82 Å². The highest BCUT2D eigenvalue weighted by Gasteiger charge is 2.04. The average Bonchev–Trinajstić information content (AvgIpc) is 2.85. The van der Waals surface area contributed by atoms with Crippen LogP contribution in [-0.4, -0.2) is 21.7 Å². The van der Waals surface area contributed by atoms with Gasteiger partial charge in [-0.25, -0.2) is 4.98 Å². The molecule has 2 aromatic rings. The minimum atomic E-state index is 0.689. The number of nitrogens with zero attached hydrogens (tertiary/aromatic N) is 2. The lowest BCUT2D eigenvalue weighted by Gasteiger charge is -1.90. The minimum Gasteiger partial charge on any atom is -0.330 e. The highest BCUT2D eigenvalue weighted by molar-refractivity contribution is 7.08. The van der Waals surface area contributed by atoms with E-state index in [0.29, 0.717) is 6.54 Å². The number of aromatic nitrogens is 3. The van der Waals surface area contributed by atoms with Gasteiger partial charge in [-0.3, -0.25) is 5.10 Å². The Balaban J connectivity index is 2.10. The summed E-state index contributed by atoms with van der Waals surface area (Å²) in [5.41, 5.74) is 6.49. The molecule has 0 saturated carbocycles. The summed E-state index contributed by atoms with van der Waals surface area (Å²) in [4.78, 5) is 4.37. The molecule has 5 heteroatoms. The van der Waals surface area contributed by atoms with Crippen molar-refractivity contribution in [2.24, 2.45) is 5.73 Å². The van der Waals surface area contributed by atoms with Crippen molar-refractivity contribution < 1.29 is 0 Å². The molecule has 0 saturated heterocycles. The third-order valence-corrected chi connectivity index (χ3v) is 2.61. The van der Waals surface area contributed by atoms with E-state index in [-0.39, 0.29) is 0 Å². The number of aromatic amines is 1. The molecule has 0 aliphatic carbocycles. The van der Waals surface area contributed by atoms with Gasteiger partial charge in [-0.15, -0.1) is 0 Å². The van der Waals surface area contributed by atoms with Gasteiger partial charge in [0.05, 0.1) is 0 Å². The van der Waals surface area contributed by atoms with Crippen molar-refractivity contribution in [1.29, 1.82) is 0 Å². The van der Waals surface area contributed by atoms with Crippen LogP contribution in [0.2, 0.25) is 0 Å². The average molecular weight is 208 g/mol. The Bertz CT molecular complexity index is 379. The van der Waals surface area contributed by atoms with E-state index in [4.69, 9.17) is 5.73 Å². The maximum absolute atomic E-state index is 5.42. The molecule has 0 bridgehead atoms. The van der Waals surface area contributed by atoms with Crippen LogP contribution < -0.4 is 5.73 Å². The molecule has 2 heterocycles. The molecule has 3 N–H and O–H groups in total. The first kappa shape index (κ1) is 9.36. The lowest BCUT2D eigenvalue weighted by molar-refractivity contribution is 0.785. The monoisotopic (exact) mass is 208 g/mol. The normalized spacial score (nSPS) is 10.6. The lowest BCUT2D eigenvalue weighted by atomic mass is 10.3. The van der Waals surface area contributed by atoms with Gasteiger partial charge in [-0.2, -0.15) is 16.4 Å². The molecule has 14 heavy (non-hydrogen) atoms. The number of nitrogens with two attached hydrogens (primary N) is 1. The molecule has 4 nitrogen and oxygen atoms in total. The van der Waals surface area contributed by atoms with E-state index in [1.54, 1.807) is 11.3 Å². The number of hydrogen-bond donors (Lipinski definition) is 2. The van der Waals surface area contributed by atoms with E-state index < -0.39 is 0 Å². The van der Waals surface area contributed by atoms with Gasteiger partial charge in [0.2, 0.25) is 0 Å². The van der Waals surface area contributed by atoms with Crippen molar-refractivity contribution in [3.05, 3.63) is 22.7 Å². The molecular formula is C9H12N4S. The Labute approximate surface area is 86.2 Å². The third kappa shape index (κ3) is 2.00. The van der Waals surface area contributed by atoms with Crippen LogP contribution in [-0.2, 0) is 6.42 Å². The van der Waals surface area contributed by atoms with E-state index >= 15 is 0 Å². The molecule has 74 valence electrons. The topological polar surface area (TPSA) is 67.6 Å². The van der Waals surface area contributed by atoms with Crippen LogP contribution in [0, 0.1) is 0 Å². The lowest BCUT2D eigenvalue weighted by Crippen LogP contribution is -2.01. The Kier molecular flexibility index (Phi) is 2.90. The fourth-order valence-electron chi connectivity index (χ4n) is 1.20. The minimum absolute atomic E-state index is 0.689. The third-order valence-electron chi connectivity index (χ3n) is 1.93. The summed E-state index contributed by atoms with van der Waals surface area (Å²) in [6.07, 6.45) is 1.81. The molecular weight excluding hydrogens is 196 g/mol. The Morgan fingerprint density at radius 2 is 2.43 bits per heavy atom. The predicted molar refractivity (Wildman–Crippen MR) is 57.1 cm³/mol. The summed E-state index contributed by atoms with van der Waals surface area (Å²) >= 11 is 1.65. The van der Waals surface area contributed by atoms with Gasteiger partial charge in [-0.1, -0.05) is 0 Å². The van der Waals surface area contributed by atoms with Gasteiger partial charge in [0.25, 0.3) is 0 Å². The Hall–Kier alpha value is -1.20. The van der Waals surface area contributed by atoms with Crippen molar-refractivity contribution in [3.63, 3.8) is 0 Å². The Morgan fingerprint density at radius 1 is 1.50 bits per heavy atom. The molecule has 0 atom stereocenters. The fraction of sp³-hybridized carbons (Fsp3) is 0.333. The molecule has 0 aliphatic heterocycles. The van der Waals surface area contributed by atoms with Gasteiger partial charge in [0.15, 0.2) is 5.82 Å². The largest absolute Gasteiger partial charge is 0.330 e. The zero-order chi connectivity index (χ0) is 9.80. The second-order valence-corrected chi connectivity index (χ2v) is 3.79. The maximum atomic E-state index is 5.42. The highest BCUT2D eigenvalue weighted by Crippen LogP contribution is 2.17. The smallest absolute Gasteiger partial charge is 0.181 e. The van der Waals surface area contributed by atoms with Gasteiger partial charge >= 0.3 is 0 Å². The van der Waals surface area contributed by atoms with Gasteiger partial charge in [-0.05, 0) is 24.4 Å². The van der Waals surface area contributed by atoms with E-state index in [0.717, 1.165) is 30.1 Å². The first-order valence-corrected chi connectivity index (χ1v) is 5.48. The zero-order valence-corrected chi connectivity index (χ0v) is 8.55. The van der Waals surface area contributed by atoms with Crippen LogP contribution >= 0.6 is 11.3 Å². The summed E-state index contributed by atoms with van der Waals surface area (Å²) in [6.45, 7) is 0.689. The number of nitrogens with one attached hydrogen (secondary N) is 1. The van der Waals surface area contributed by atoms with E-state index in [1.807, 2.05) is 16.8 Å². The fourth-order valence-corrected chi connectivity index (χ4v) is 1.83. The van der Waals surface area contributed by atoms with Crippen LogP contribution in [0.4, 0.5) is 0 Å². The van der Waals surface area contributed by atoms with Crippen LogP contribution in [0.25, 0.3) is 11.4 Å². The second-order valence-electron chi connectivity index (χ2n) is 3.01. The van der Waals surface area contributed by atoms with Crippen LogP contribution in [0.3, 0.4) is 0 Å². The molecule has 2 rings (SSSR count). The van der Waals surface area contributed by atoms with Crippen molar-refractivity contribution in [2.75, 3.05) is 6.54 Å². The molecule has 0 aliphatic rings. The number of rotatable bonds is 4. The van der Waals surface area contributed by atoms with Crippen LogP contribution in [0.1, 0.15) is 12.2 Å². The Morgan fingerprint density at radius 3 is 3.14 bits per heavy atom. The first-order valence-electron chi connectivity index (χ1n) is 4.54. The quantitative estimate of drug-likeness (QED) is 0.798. The number of aryl methyl sites for hydroxylation is 1. The van der Waals surface area contributed by atoms with Gasteiger partial charge in [0, 0.05) is 17.4 Å². The summed E-state index contributed by atoms with van der Waals surface area (Å²) in [5, 5.41) is 11.1. The standard InChI is InChI=1S/C9H12N4S/c10-4-1-2-8-11-9(13-12-8)7-3-5-14-6-7/h3,5-6H,1-2,4,10H2,(H,11,12,13). The number of thiophene rings is 1. The zero-order valence-electron chi connectivity index (χ0n) is 7.73. The van der Waals surface area contributed by atoms with E-state index in [2.05, 4.69) is 15.2 Å². The molecule has 0 fully saturated rings. The molecule has 0 radical (unpaired) electrons. The van der Waals surface area contributed by atoms with Crippen molar-refractivity contribution in [1.82, 2.24) is 15.2 Å². The summed E-state index contributed by atoms with van der Waals surface area (Å²) < 4.78 is 0. The maximum Gasteiger partial charge on any atom is 0.181 e. The van der Waals surface area contributed by atoms with Crippen molar-refractivity contribution >= 4 is 11.3 Å². The van der Waals surface area contributed by atoms with Crippen LogP contribution in [0.5, 0.6) is 0 Å². The summed E-state index contributed by atoms with van der Waals surface area (Å²) in [6, 6.07) is 2.01. The van der Waals surface area contributed by atoms with Crippen LogP contribution in [0.15, 0.2) is 16.8 Å². The van der Waals surface area contributed by atoms with Crippen molar-refractivity contribution in [2.45, 2.75) is 12.8 Å². The molecule has 2 aromatic heterocycles. The van der Waals surface area contributed by atoms with E-state index in [1.165, 1.54) is 0 Å². The summed E-state index contributed by atoms with van der Waals surface area (Å²) in [7, 11) is 0. The SMILES string of the molecule is NCCCc1nc(-c2ccsc2)n[nH]1. The summed E-state index contributed by atoms with van der Waals surface area (Å²) in [5.74, 6) is 1.69. The van der Waals surface area contributed by atoms with Crippen molar-refractivity contribution in [3.8, 4) is 11.4 Å². The molecule has 0 aromatic carbocycles. The second kappa shape index (κ2) is 4.34. The molecule has 0 unspecified atom stereocenters. The first-order chi connectivity index (χ1) is 6.90. The van der Waals surface area contributed by atoms with E-state index in [9.17, 15) is 0 Å². The van der Waals surface area contributed by atoms with Gasteiger partial charge < -0.3 is 5.73 Å². The number of H-pyrrole nitrogens is 1. The molecule has 0 spiro atoms. The number of hydrogen-bond acceptors (Lipinski definition) is 4. The highest BCUT2D eigenvalue weighted by atomic mass is 32.1. The predicted octanol–water partition coefficient (Wildman–Crippen LogP) is 1.42. The molecule has 0 amide bonds.